The second-order valence-electron chi connectivity index (χ2n) is 4.07. The third-order valence-corrected chi connectivity index (χ3v) is 3.62. The Kier molecular flexibility index (Phi) is 6.97. The van der Waals surface area contributed by atoms with Crippen molar-refractivity contribution < 1.29 is 9.90 Å². The molecule has 18 heavy (non-hydrogen) atoms. The van der Waals surface area contributed by atoms with Gasteiger partial charge in [0.05, 0.1) is 11.6 Å². The molecule has 1 rings (SSSR count). The number of nitriles is 1. The van der Waals surface area contributed by atoms with Crippen molar-refractivity contribution in [3.8, 4) is 6.07 Å². The fourth-order valence-electron chi connectivity index (χ4n) is 1.58. The van der Waals surface area contributed by atoms with Crippen molar-refractivity contribution in [3.63, 3.8) is 0 Å². The van der Waals surface area contributed by atoms with Gasteiger partial charge in [0.2, 0.25) is 0 Å². The molecule has 0 aliphatic rings. The van der Waals surface area contributed by atoms with Gasteiger partial charge < -0.3 is 5.11 Å². The van der Waals surface area contributed by atoms with E-state index in [0.717, 1.165) is 30.8 Å². The van der Waals surface area contributed by atoms with Gasteiger partial charge >= 0.3 is 5.97 Å². The Morgan fingerprint density at radius 2 is 2.17 bits per heavy atom. The number of nitrogens with zero attached hydrogens (tertiary/aromatic N) is 1. The highest BCUT2D eigenvalue weighted by Crippen LogP contribution is 2.15. The molecule has 0 heterocycles. The van der Waals surface area contributed by atoms with E-state index in [1.165, 1.54) is 5.56 Å². The molecule has 0 aliphatic carbocycles. The normalized spacial score (nSPS) is 9.94. The second kappa shape index (κ2) is 8.60. The predicted molar refractivity (Wildman–Crippen MR) is 73.4 cm³/mol. The van der Waals surface area contributed by atoms with Crippen molar-refractivity contribution in [2.45, 2.75) is 31.4 Å². The molecule has 0 amide bonds. The summed E-state index contributed by atoms with van der Waals surface area (Å²) in [6, 6.07) is 9.78. The summed E-state index contributed by atoms with van der Waals surface area (Å²) in [5.41, 5.74) is 1.87. The molecular formula is C14H17NO2S. The summed E-state index contributed by atoms with van der Waals surface area (Å²) in [7, 11) is 0. The van der Waals surface area contributed by atoms with Gasteiger partial charge in [-0.3, -0.25) is 4.79 Å². The summed E-state index contributed by atoms with van der Waals surface area (Å²) in [4.78, 5) is 10.3. The summed E-state index contributed by atoms with van der Waals surface area (Å²) in [6.07, 6.45) is 3.06. The van der Waals surface area contributed by atoms with E-state index in [-0.39, 0.29) is 6.42 Å². The number of hydrogen-bond acceptors (Lipinski definition) is 3. The maximum atomic E-state index is 10.3. The summed E-state index contributed by atoms with van der Waals surface area (Å²) < 4.78 is 0. The summed E-state index contributed by atoms with van der Waals surface area (Å²) in [5.74, 6) is 1.24. The van der Waals surface area contributed by atoms with E-state index < -0.39 is 5.97 Å². The lowest BCUT2D eigenvalue weighted by molar-refractivity contribution is -0.137. The number of rotatable bonds is 8. The lowest BCUT2D eigenvalue weighted by Crippen LogP contribution is -1.94. The third kappa shape index (κ3) is 6.31. The van der Waals surface area contributed by atoms with Crippen LogP contribution >= 0.6 is 11.8 Å². The van der Waals surface area contributed by atoms with Gasteiger partial charge in [0, 0.05) is 12.2 Å². The van der Waals surface area contributed by atoms with Crippen LogP contribution in [0.2, 0.25) is 0 Å². The number of unbranched alkanes of at least 4 members (excludes halogenated alkanes) is 2. The standard InChI is InChI=1S/C14H17NO2S/c15-10-12-5-4-6-13(9-12)11-18-8-3-1-2-7-14(16)17/h4-6,9H,1-3,7-8,11H2,(H,16,17). The Labute approximate surface area is 112 Å². The SMILES string of the molecule is N#Cc1cccc(CSCCCCCC(=O)O)c1. The van der Waals surface area contributed by atoms with E-state index in [1.54, 1.807) is 6.07 Å². The molecule has 96 valence electrons. The van der Waals surface area contributed by atoms with Gasteiger partial charge in [-0.25, -0.2) is 0 Å². The van der Waals surface area contributed by atoms with Crippen LogP contribution in [-0.2, 0) is 10.5 Å². The Morgan fingerprint density at radius 1 is 1.33 bits per heavy atom. The zero-order valence-electron chi connectivity index (χ0n) is 10.3. The van der Waals surface area contributed by atoms with Crippen molar-refractivity contribution >= 4 is 17.7 Å². The smallest absolute Gasteiger partial charge is 0.303 e. The van der Waals surface area contributed by atoms with Crippen molar-refractivity contribution in [2.24, 2.45) is 0 Å². The number of carboxylic acids is 1. The minimum atomic E-state index is -0.712. The molecule has 0 aromatic heterocycles. The van der Waals surface area contributed by atoms with E-state index in [0.29, 0.717) is 5.56 Å². The minimum absolute atomic E-state index is 0.273. The lowest BCUT2D eigenvalue weighted by Gasteiger charge is -2.02. The molecule has 4 heteroatoms. The van der Waals surface area contributed by atoms with Gasteiger partial charge in [-0.2, -0.15) is 17.0 Å². The number of carboxylic acid groups (broad SMARTS) is 1. The first kappa shape index (κ1) is 14.6. The molecule has 1 aromatic carbocycles. The lowest BCUT2D eigenvalue weighted by atomic mass is 10.2. The molecule has 0 aliphatic heterocycles. The van der Waals surface area contributed by atoms with E-state index in [4.69, 9.17) is 10.4 Å². The van der Waals surface area contributed by atoms with E-state index in [2.05, 4.69) is 6.07 Å². The highest BCUT2D eigenvalue weighted by Gasteiger charge is 1.98. The number of carbonyl (C=O) groups is 1. The van der Waals surface area contributed by atoms with Crippen molar-refractivity contribution in [3.05, 3.63) is 35.4 Å². The molecule has 0 radical (unpaired) electrons. The maximum absolute atomic E-state index is 10.3. The zero-order valence-corrected chi connectivity index (χ0v) is 11.1. The van der Waals surface area contributed by atoms with Crippen LogP contribution in [0.4, 0.5) is 0 Å². The van der Waals surface area contributed by atoms with Crippen LogP contribution in [0.3, 0.4) is 0 Å². The van der Waals surface area contributed by atoms with Gasteiger partial charge in [-0.05, 0) is 36.3 Å². The van der Waals surface area contributed by atoms with E-state index >= 15 is 0 Å². The first-order valence-corrected chi connectivity index (χ1v) is 7.16. The van der Waals surface area contributed by atoms with Crippen molar-refractivity contribution in [2.75, 3.05) is 5.75 Å². The molecule has 0 bridgehead atoms. The molecule has 0 unspecified atom stereocenters. The van der Waals surface area contributed by atoms with Gasteiger partial charge in [-0.1, -0.05) is 18.6 Å². The molecule has 3 nitrogen and oxygen atoms in total. The molecule has 0 saturated carbocycles. The highest BCUT2D eigenvalue weighted by atomic mass is 32.2. The average Bonchev–Trinajstić information content (AvgIpc) is 2.37. The van der Waals surface area contributed by atoms with E-state index in [1.807, 2.05) is 30.0 Å². The number of benzene rings is 1. The summed E-state index contributed by atoms with van der Waals surface area (Å²) >= 11 is 1.83. The van der Waals surface area contributed by atoms with Gasteiger partial charge in [0.25, 0.3) is 0 Å². The summed E-state index contributed by atoms with van der Waals surface area (Å²) in [5, 5.41) is 17.3. The maximum Gasteiger partial charge on any atom is 0.303 e. The van der Waals surface area contributed by atoms with Crippen LogP contribution in [-0.4, -0.2) is 16.8 Å². The Bertz CT molecular complexity index is 426. The predicted octanol–water partition coefficient (Wildman–Crippen LogP) is 3.44. The Morgan fingerprint density at radius 3 is 2.89 bits per heavy atom. The van der Waals surface area contributed by atoms with Crippen molar-refractivity contribution in [1.29, 1.82) is 5.26 Å². The molecular weight excluding hydrogens is 246 g/mol. The monoisotopic (exact) mass is 263 g/mol. The molecule has 1 N–H and O–H groups in total. The molecule has 0 atom stereocenters. The number of hydrogen-bond donors (Lipinski definition) is 1. The van der Waals surface area contributed by atoms with Gasteiger partial charge in [0.1, 0.15) is 0 Å². The van der Waals surface area contributed by atoms with Gasteiger partial charge in [-0.15, -0.1) is 0 Å². The fourth-order valence-corrected chi connectivity index (χ4v) is 2.55. The van der Waals surface area contributed by atoms with Crippen LogP contribution in [0, 0.1) is 11.3 Å². The minimum Gasteiger partial charge on any atom is -0.481 e. The topological polar surface area (TPSA) is 61.1 Å². The molecule has 0 spiro atoms. The van der Waals surface area contributed by atoms with Crippen LogP contribution in [0.25, 0.3) is 0 Å². The molecule has 1 aromatic rings. The van der Waals surface area contributed by atoms with Crippen LogP contribution < -0.4 is 0 Å². The first-order valence-electron chi connectivity index (χ1n) is 6.01. The largest absolute Gasteiger partial charge is 0.481 e. The number of thioether (sulfide) groups is 1. The van der Waals surface area contributed by atoms with E-state index in [9.17, 15) is 4.79 Å². The van der Waals surface area contributed by atoms with Crippen molar-refractivity contribution in [1.82, 2.24) is 0 Å². The van der Waals surface area contributed by atoms with Crippen LogP contribution in [0.1, 0.15) is 36.8 Å². The third-order valence-electron chi connectivity index (χ3n) is 2.50. The zero-order chi connectivity index (χ0) is 13.2. The van der Waals surface area contributed by atoms with Crippen LogP contribution in [0.15, 0.2) is 24.3 Å². The fraction of sp³-hybridized carbons (Fsp3) is 0.429. The quantitative estimate of drug-likeness (QED) is 0.730. The average molecular weight is 263 g/mol. The molecule has 0 saturated heterocycles. The Hall–Kier alpha value is -1.47. The molecule has 0 fully saturated rings. The second-order valence-corrected chi connectivity index (χ2v) is 5.17. The summed E-state index contributed by atoms with van der Waals surface area (Å²) in [6.45, 7) is 0. The number of aliphatic carboxylic acids is 1. The first-order chi connectivity index (χ1) is 8.72. The highest BCUT2D eigenvalue weighted by molar-refractivity contribution is 7.98. The van der Waals surface area contributed by atoms with Crippen LogP contribution in [0.5, 0.6) is 0 Å². The van der Waals surface area contributed by atoms with Gasteiger partial charge in [0.15, 0.2) is 0 Å². The Balaban J connectivity index is 2.10.